The topological polar surface area (TPSA) is 86.3 Å². The fourth-order valence-corrected chi connectivity index (χ4v) is 3.32. The van der Waals surface area contributed by atoms with Crippen LogP contribution in [-0.2, 0) is 25.3 Å². The summed E-state index contributed by atoms with van der Waals surface area (Å²) < 4.78 is 23.1. The monoisotopic (exact) mass is 490 g/mol. The summed E-state index contributed by atoms with van der Waals surface area (Å²) in [5.41, 5.74) is -0.0909. The van der Waals surface area contributed by atoms with Crippen LogP contribution in [0.2, 0.25) is 0 Å². The molecule has 35 heavy (non-hydrogen) atoms. The molecule has 1 N–H and O–H groups in total. The number of alkyl carbamates (subject to hydrolysis) is 1. The van der Waals surface area contributed by atoms with Gasteiger partial charge in [0.1, 0.15) is 11.2 Å². The van der Waals surface area contributed by atoms with E-state index in [1.165, 1.54) is 0 Å². The van der Waals surface area contributed by atoms with Gasteiger partial charge in [-0.05, 0) is 86.7 Å². The number of hydrogen-bond acceptors (Lipinski definition) is 6. The maximum atomic E-state index is 12.8. The Bertz CT molecular complexity index is 855. The molecule has 8 nitrogen and oxygen atoms in total. The number of hydrogen-bond donors (Lipinski definition) is 1. The predicted molar refractivity (Wildman–Crippen MR) is 138 cm³/mol. The molecule has 0 unspecified atom stereocenters. The van der Waals surface area contributed by atoms with E-state index in [0.717, 1.165) is 11.0 Å². The first kappa shape index (κ1) is 29.0. The van der Waals surface area contributed by atoms with Crippen molar-refractivity contribution >= 4 is 24.8 Å². The van der Waals surface area contributed by atoms with Crippen LogP contribution in [-0.4, -0.2) is 59.7 Å². The quantitative estimate of drug-likeness (QED) is 0.443. The van der Waals surface area contributed by atoms with Crippen LogP contribution in [0.15, 0.2) is 24.3 Å². The second-order valence-corrected chi connectivity index (χ2v) is 12.0. The van der Waals surface area contributed by atoms with E-state index in [0.29, 0.717) is 26.1 Å². The molecule has 2 amide bonds. The Hall–Kier alpha value is -2.26. The van der Waals surface area contributed by atoms with Crippen LogP contribution in [0.4, 0.5) is 9.59 Å². The van der Waals surface area contributed by atoms with Crippen molar-refractivity contribution in [3.8, 4) is 0 Å². The van der Waals surface area contributed by atoms with Crippen LogP contribution < -0.4 is 10.8 Å². The number of ether oxygens (including phenoxy) is 2. The number of carbonyl (C=O) groups excluding carboxylic acids is 2. The van der Waals surface area contributed by atoms with Crippen LogP contribution in [0.3, 0.4) is 0 Å². The smallest absolute Gasteiger partial charge is 0.444 e. The highest BCUT2D eigenvalue weighted by atomic mass is 16.7. The van der Waals surface area contributed by atoms with Gasteiger partial charge in [-0.25, -0.2) is 9.59 Å². The maximum Gasteiger partial charge on any atom is 0.494 e. The fraction of sp³-hybridized carbons (Fsp3) is 0.692. The Morgan fingerprint density at radius 3 is 1.91 bits per heavy atom. The van der Waals surface area contributed by atoms with Crippen molar-refractivity contribution in [3.63, 3.8) is 0 Å². The highest BCUT2D eigenvalue weighted by molar-refractivity contribution is 6.62. The molecule has 0 bridgehead atoms. The first-order valence-electron chi connectivity index (χ1n) is 12.3. The average Bonchev–Trinajstić information content (AvgIpc) is 2.89. The van der Waals surface area contributed by atoms with Crippen molar-refractivity contribution in [1.29, 1.82) is 0 Å². The van der Waals surface area contributed by atoms with Crippen molar-refractivity contribution in [1.82, 2.24) is 10.2 Å². The first-order chi connectivity index (χ1) is 15.9. The zero-order chi connectivity index (χ0) is 26.7. The van der Waals surface area contributed by atoms with Gasteiger partial charge in [0.2, 0.25) is 0 Å². The van der Waals surface area contributed by atoms with E-state index in [1.807, 2.05) is 93.5 Å². The molecule has 0 atom stereocenters. The molecule has 196 valence electrons. The normalized spacial score (nSPS) is 17.1. The number of benzene rings is 1. The fourth-order valence-electron chi connectivity index (χ4n) is 3.32. The molecule has 0 spiro atoms. The van der Waals surface area contributed by atoms with E-state index in [2.05, 4.69) is 5.32 Å². The zero-order valence-electron chi connectivity index (χ0n) is 23.1. The number of amides is 2. The van der Waals surface area contributed by atoms with Crippen LogP contribution in [0.5, 0.6) is 0 Å². The third-order valence-electron chi connectivity index (χ3n) is 5.80. The van der Waals surface area contributed by atoms with E-state index in [9.17, 15) is 9.59 Å². The lowest BCUT2D eigenvalue weighted by molar-refractivity contribution is 0.00578. The molecule has 1 aliphatic heterocycles. The molecule has 1 fully saturated rings. The Kier molecular flexibility index (Phi) is 8.93. The molecule has 1 aromatic rings. The van der Waals surface area contributed by atoms with Crippen molar-refractivity contribution in [3.05, 3.63) is 29.8 Å². The molecule has 1 heterocycles. The van der Waals surface area contributed by atoms with E-state index >= 15 is 0 Å². The van der Waals surface area contributed by atoms with E-state index < -0.39 is 41.7 Å². The zero-order valence-corrected chi connectivity index (χ0v) is 23.1. The third kappa shape index (κ3) is 9.04. The average molecular weight is 490 g/mol. The van der Waals surface area contributed by atoms with Gasteiger partial charge < -0.3 is 29.0 Å². The molecule has 1 saturated heterocycles. The van der Waals surface area contributed by atoms with Gasteiger partial charge in [0.05, 0.1) is 11.2 Å². The summed E-state index contributed by atoms with van der Waals surface area (Å²) in [6.07, 6.45) is -0.311. The minimum Gasteiger partial charge on any atom is -0.444 e. The molecule has 2 rings (SSSR count). The molecule has 1 aromatic carbocycles. The minimum atomic E-state index is -0.606. The molecule has 1 aliphatic rings. The summed E-state index contributed by atoms with van der Waals surface area (Å²) in [5, 5.41) is 2.73. The Morgan fingerprint density at radius 2 is 1.43 bits per heavy atom. The van der Waals surface area contributed by atoms with Crippen LogP contribution >= 0.6 is 0 Å². The first-order valence-corrected chi connectivity index (χ1v) is 12.3. The lowest BCUT2D eigenvalue weighted by atomic mass is 9.79. The van der Waals surface area contributed by atoms with E-state index in [4.69, 9.17) is 18.8 Å². The molecule has 0 radical (unpaired) electrons. The van der Waals surface area contributed by atoms with E-state index in [1.54, 1.807) is 4.90 Å². The lowest BCUT2D eigenvalue weighted by Crippen LogP contribution is -2.41. The van der Waals surface area contributed by atoms with Gasteiger partial charge in [-0.3, -0.25) is 0 Å². The third-order valence-corrected chi connectivity index (χ3v) is 5.80. The predicted octanol–water partition coefficient (Wildman–Crippen LogP) is 4.64. The van der Waals surface area contributed by atoms with Crippen LogP contribution in [0.25, 0.3) is 0 Å². The number of rotatable bonds is 7. The molecular formula is C26H43BN2O6. The minimum absolute atomic E-state index is 0.380. The van der Waals surface area contributed by atoms with Gasteiger partial charge in [0.25, 0.3) is 0 Å². The number of nitrogens with zero attached hydrogens (tertiary/aromatic N) is 1. The van der Waals surface area contributed by atoms with Crippen molar-refractivity contribution < 1.29 is 28.4 Å². The lowest BCUT2D eigenvalue weighted by Gasteiger charge is -2.32. The van der Waals surface area contributed by atoms with E-state index in [-0.39, 0.29) is 0 Å². The number of nitrogens with one attached hydrogen (secondary N) is 1. The van der Waals surface area contributed by atoms with Crippen molar-refractivity contribution in [2.24, 2.45) is 0 Å². The Balaban J connectivity index is 2.01. The van der Waals surface area contributed by atoms with Gasteiger partial charge in [0, 0.05) is 19.6 Å². The largest absolute Gasteiger partial charge is 0.494 e. The highest BCUT2D eigenvalue weighted by Gasteiger charge is 2.51. The van der Waals surface area contributed by atoms with Gasteiger partial charge in [-0.1, -0.05) is 24.3 Å². The van der Waals surface area contributed by atoms with Gasteiger partial charge in [-0.15, -0.1) is 0 Å². The van der Waals surface area contributed by atoms with Crippen LogP contribution in [0, 0.1) is 0 Å². The summed E-state index contributed by atoms with van der Waals surface area (Å²) >= 11 is 0. The molecule has 9 heteroatoms. The molecule has 0 aliphatic carbocycles. The van der Waals surface area contributed by atoms with Gasteiger partial charge in [-0.2, -0.15) is 0 Å². The van der Waals surface area contributed by atoms with Gasteiger partial charge >= 0.3 is 19.3 Å². The second kappa shape index (κ2) is 10.8. The number of carbonyl (C=O) groups is 2. The molecule has 0 saturated carbocycles. The molecule has 0 aromatic heterocycles. The van der Waals surface area contributed by atoms with Crippen molar-refractivity contribution in [2.75, 3.05) is 13.1 Å². The van der Waals surface area contributed by atoms with Gasteiger partial charge in [0.15, 0.2) is 0 Å². The Labute approximate surface area is 211 Å². The maximum absolute atomic E-state index is 12.8. The summed E-state index contributed by atoms with van der Waals surface area (Å²) in [6.45, 7) is 20.2. The summed E-state index contributed by atoms with van der Waals surface area (Å²) in [6, 6.07) is 7.87. The molecular weight excluding hydrogens is 447 g/mol. The summed E-state index contributed by atoms with van der Waals surface area (Å²) in [4.78, 5) is 26.4. The summed E-state index contributed by atoms with van der Waals surface area (Å²) in [7, 11) is -0.435. The SMILES string of the molecule is CC(C)(C)OC(=O)NCCCN(Cc1ccc(B2OC(C)(C)C(C)(C)O2)cc1)C(=O)OC(C)(C)C. The second-order valence-electron chi connectivity index (χ2n) is 12.0. The van der Waals surface area contributed by atoms with Crippen LogP contribution in [0.1, 0.15) is 81.2 Å². The van der Waals surface area contributed by atoms with Crippen molar-refractivity contribution in [2.45, 2.75) is 105 Å². The highest BCUT2D eigenvalue weighted by Crippen LogP contribution is 2.36. The summed E-state index contributed by atoms with van der Waals surface area (Å²) in [5.74, 6) is 0. The standard InChI is InChI=1S/C26H43BN2O6/c1-23(2,3)32-21(30)28-16-11-17-29(22(31)33-24(4,5)6)18-19-12-14-20(15-13-19)27-34-25(7,8)26(9,10)35-27/h12-15H,11,16-18H2,1-10H3,(H,28,30). The Morgan fingerprint density at radius 1 is 0.914 bits per heavy atom.